The first kappa shape index (κ1) is 12.6. The normalized spacial score (nSPS) is 11.0. The summed E-state index contributed by atoms with van der Waals surface area (Å²) in [4.78, 5) is -0.369. The summed E-state index contributed by atoms with van der Waals surface area (Å²) in [5.74, 6) is -0.782. The minimum Gasteiger partial charge on any atom is -0.211 e. The minimum atomic E-state index is -3.81. The van der Waals surface area contributed by atoms with Gasteiger partial charge in [-0.1, -0.05) is 12.1 Å². The van der Waals surface area contributed by atoms with Gasteiger partial charge in [-0.05, 0) is 18.6 Å². The van der Waals surface area contributed by atoms with Crippen molar-refractivity contribution >= 4 is 10.0 Å². The molecule has 0 radical (unpaired) electrons. The fourth-order valence-electron chi connectivity index (χ4n) is 1.11. The molecule has 1 rings (SSSR count). The van der Waals surface area contributed by atoms with Crippen LogP contribution in [0.5, 0.6) is 0 Å². The molecule has 0 unspecified atom stereocenters. The highest BCUT2D eigenvalue weighted by Gasteiger charge is 2.17. The highest BCUT2D eigenvalue weighted by atomic mass is 32.2. The lowest BCUT2D eigenvalue weighted by Crippen LogP contribution is -2.25. The van der Waals surface area contributed by atoms with Gasteiger partial charge in [0.1, 0.15) is 10.7 Å². The van der Waals surface area contributed by atoms with Gasteiger partial charge in [-0.25, -0.2) is 17.5 Å². The van der Waals surface area contributed by atoms with Crippen molar-refractivity contribution in [3.63, 3.8) is 0 Å². The summed E-state index contributed by atoms with van der Waals surface area (Å²) in [5.41, 5.74) is 0. The van der Waals surface area contributed by atoms with Crippen LogP contribution in [0, 0.1) is 17.1 Å². The number of nitrogens with zero attached hydrogens (tertiary/aromatic N) is 1. The predicted molar refractivity (Wildman–Crippen MR) is 56.4 cm³/mol. The topological polar surface area (TPSA) is 70.0 Å². The first-order valence-corrected chi connectivity index (χ1v) is 6.17. The fourth-order valence-corrected chi connectivity index (χ4v) is 2.27. The third-order valence-corrected chi connectivity index (χ3v) is 3.38. The molecule has 0 aromatic heterocycles. The Morgan fingerprint density at radius 1 is 1.38 bits per heavy atom. The van der Waals surface area contributed by atoms with Crippen molar-refractivity contribution in [1.29, 1.82) is 5.26 Å². The van der Waals surface area contributed by atoms with Crippen LogP contribution < -0.4 is 4.72 Å². The van der Waals surface area contributed by atoms with E-state index in [1.165, 1.54) is 18.2 Å². The van der Waals surface area contributed by atoms with Crippen LogP contribution in [0.3, 0.4) is 0 Å². The lowest BCUT2D eigenvalue weighted by molar-refractivity contribution is 0.556. The Labute approximate surface area is 93.8 Å². The maximum absolute atomic E-state index is 13.2. The Morgan fingerprint density at radius 2 is 2.06 bits per heavy atom. The van der Waals surface area contributed by atoms with E-state index in [0.717, 1.165) is 6.07 Å². The van der Waals surface area contributed by atoms with E-state index in [1.54, 1.807) is 0 Å². The molecule has 0 fully saturated rings. The second kappa shape index (κ2) is 5.58. The molecule has 0 aliphatic heterocycles. The number of rotatable bonds is 5. The molecule has 0 atom stereocenters. The Bertz CT molecular complexity index is 494. The molecule has 0 spiro atoms. The lowest BCUT2D eigenvalue weighted by Gasteiger charge is -2.06. The van der Waals surface area contributed by atoms with E-state index in [4.69, 9.17) is 5.26 Å². The van der Waals surface area contributed by atoms with Crippen molar-refractivity contribution in [3.8, 4) is 6.07 Å². The molecular weight excluding hydrogens is 231 g/mol. The van der Waals surface area contributed by atoms with Gasteiger partial charge >= 0.3 is 0 Å². The number of unbranched alkanes of at least 4 members (excludes halogenated alkanes) is 1. The van der Waals surface area contributed by atoms with E-state index in [9.17, 15) is 12.8 Å². The summed E-state index contributed by atoms with van der Waals surface area (Å²) in [6, 6.07) is 7.05. The van der Waals surface area contributed by atoms with Crippen molar-refractivity contribution in [3.05, 3.63) is 30.1 Å². The van der Waals surface area contributed by atoms with Crippen LogP contribution >= 0.6 is 0 Å². The molecule has 0 bridgehead atoms. The van der Waals surface area contributed by atoms with Crippen LogP contribution in [0.25, 0.3) is 0 Å². The molecule has 16 heavy (non-hydrogen) atoms. The Hall–Kier alpha value is -1.45. The minimum absolute atomic E-state index is 0.129. The van der Waals surface area contributed by atoms with E-state index in [1.807, 2.05) is 6.07 Å². The Balaban J connectivity index is 2.72. The van der Waals surface area contributed by atoms with Crippen LogP contribution in [-0.4, -0.2) is 15.0 Å². The predicted octanol–water partition coefficient (Wildman–Crippen LogP) is 1.41. The van der Waals surface area contributed by atoms with Gasteiger partial charge in [-0.3, -0.25) is 0 Å². The number of hydrogen-bond donors (Lipinski definition) is 1. The van der Waals surface area contributed by atoms with Gasteiger partial charge in [0.15, 0.2) is 0 Å². The zero-order valence-electron chi connectivity index (χ0n) is 8.48. The Kier molecular flexibility index (Phi) is 4.40. The van der Waals surface area contributed by atoms with Crippen molar-refractivity contribution in [2.75, 3.05) is 6.54 Å². The molecule has 4 nitrogen and oxygen atoms in total. The van der Waals surface area contributed by atoms with Gasteiger partial charge in [0.25, 0.3) is 0 Å². The molecule has 6 heteroatoms. The standard InChI is InChI=1S/C10H11FN2O2S/c11-9-5-1-2-6-10(9)16(14,15)13-8-4-3-7-12/h1-2,5-6,13H,3-4,8H2. The van der Waals surface area contributed by atoms with E-state index >= 15 is 0 Å². The van der Waals surface area contributed by atoms with Crippen LogP contribution in [-0.2, 0) is 10.0 Å². The van der Waals surface area contributed by atoms with Crippen molar-refractivity contribution in [2.45, 2.75) is 17.7 Å². The first-order chi connectivity index (χ1) is 7.58. The second-order valence-electron chi connectivity index (χ2n) is 3.09. The zero-order valence-corrected chi connectivity index (χ0v) is 9.30. The van der Waals surface area contributed by atoms with Crippen molar-refractivity contribution in [2.24, 2.45) is 0 Å². The monoisotopic (exact) mass is 242 g/mol. The van der Waals surface area contributed by atoms with Gasteiger partial charge in [-0.15, -0.1) is 0 Å². The molecule has 0 heterocycles. The SMILES string of the molecule is N#CCCCNS(=O)(=O)c1ccccc1F. The van der Waals surface area contributed by atoms with Crippen LogP contribution in [0.2, 0.25) is 0 Å². The van der Waals surface area contributed by atoms with E-state index in [2.05, 4.69) is 4.72 Å². The van der Waals surface area contributed by atoms with Crippen LogP contribution in [0.1, 0.15) is 12.8 Å². The number of nitrogens with one attached hydrogen (secondary N) is 1. The van der Waals surface area contributed by atoms with Crippen LogP contribution in [0.15, 0.2) is 29.2 Å². The third-order valence-electron chi connectivity index (χ3n) is 1.88. The fraction of sp³-hybridized carbons (Fsp3) is 0.300. The quantitative estimate of drug-likeness (QED) is 0.793. The van der Waals surface area contributed by atoms with Gasteiger partial charge < -0.3 is 0 Å². The molecule has 86 valence electrons. The highest BCUT2D eigenvalue weighted by molar-refractivity contribution is 7.89. The number of sulfonamides is 1. The molecule has 1 aromatic carbocycles. The molecule has 0 saturated heterocycles. The second-order valence-corrected chi connectivity index (χ2v) is 4.83. The molecule has 1 aromatic rings. The summed E-state index contributed by atoms with van der Waals surface area (Å²) in [5, 5.41) is 8.27. The summed E-state index contributed by atoms with van der Waals surface area (Å²) in [6.07, 6.45) is 0.671. The summed E-state index contributed by atoms with van der Waals surface area (Å²) >= 11 is 0. The number of hydrogen-bond acceptors (Lipinski definition) is 3. The maximum Gasteiger partial charge on any atom is 0.243 e. The molecule has 1 N–H and O–H groups in total. The smallest absolute Gasteiger partial charge is 0.211 e. The number of benzene rings is 1. The van der Waals surface area contributed by atoms with E-state index in [0.29, 0.717) is 6.42 Å². The summed E-state index contributed by atoms with van der Waals surface area (Å²) < 4.78 is 38.6. The van der Waals surface area contributed by atoms with E-state index < -0.39 is 15.8 Å². The molecule has 0 amide bonds. The molecule has 0 aliphatic carbocycles. The van der Waals surface area contributed by atoms with E-state index in [-0.39, 0.29) is 17.9 Å². The molecule has 0 saturated carbocycles. The van der Waals surface area contributed by atoms with Gasteiger partial charge in [0.2, 0.25) is 10.0 Å². The summed E-state index contributed by atoms with van der Waals surface area (Å²) in [6.45, 7) is 0.129. The molecular formula is C10H11FN2O2S. The number of halogens is 1. The van der Waals surface area contributed by atoms with Crippen LogP contribution in [0.4, 0.5) is 4.39 Å². The first-order valence-electron chi connectivity index (χ1n) is 4.69. The van der Waals surface area contributed by atoms with Gasteiger partial charge in [0, 0.05) is 13.0 Å². The van der Waals surface area contributed by atoms with Gasteiger partial charge in [0.05, 0.1) is 6.07 Å². The number of nitriles is 1. The average Bonchev–Trinajstić information content (AvgIpc) is 2.25. The van der Waals surface area contributed by atoms with Crippen molar-refractivity contribution in [1.82, 2.24) is 4.72 Å². The third kappa shape index (κ3) is 3.29. The zero-order chi connectivity index (χ0) is 12.0. The Morgan fingerprint density at radius 3 is 2.69 bits per heavy atom. The molecule has 0 aliphatic rings. The highest BCUT2D eigenvalue weighted by Crippen LogP contribution is 2.12. The summed E-state index contributed by atoms with van der Waals surface area (Å²) in [7, 11) is -3.81. The average molecular weight is 242 g/mol. The maximum atomic E-state index is 13.2. The van der Waals surface area contributed by atoms with Gasteiger partial charge in [-0.2, -0.15) is 5.26 Å². The lowest BCUT2D eigenvalue weighted by atomic mass is 10.3. The largest absolute Gasteiger partial charge is 0.243 e. The van der Waals surface area contributed by atoms with Crippen molar-refractivity contribution < 1.29 is 12.8 Å².